The van der Waals surface area contributed by atoms with E-state index in [1.54, 1.807) is 25.4 Å². The third-order valence-electron chi connectivity index (χ3n) is 7.09. The van der Waals surface area contributed by atoms with Gasteiger partial charge in [0.25, 0.3) is 0 Å². The summed E-state index contributed by atoms with van der Waals surface area (Å²) in [6.45, 7) is 11.6. The quantitative estimate of drug-likeness (QED) is 0.147. The van der Waals surface area contributed by atoms with E-state index in [-0.39, 0.29) is 5.78 Å². The van der Waals surface area contributed by atoms with Crippen LogP contribution in [-0.4, -0.2) is 49.0 Å². The summed E-state index contributed by atoms with van der Waals surface area (Å²) in [5, 5.41) is 0.747. The van der Waals surface area contributed by atoms with Crippen LogP contribution in [0.15, 0.2) is 72.9 Å². The Morgan fingerprint density at radius 1 is 0.925 bits per heavy atom. The van der Waals surface area contributed by atoms with Crippen LogP contribution >= 0.6 is 0 Å². The minimum absolute atomic E-state index is 0.139. The molecule has 0 unspecified atom stereocenters. The third kappa shape index (κ3) is 6.96. The zero-order valence-corrected chi connectivity index (χ0v) is 22.8. The highest BCUT2D eigenvalue weighted by atomic mass is 16.5. The van der Waals surface area contributed by atoms with Crippen molar-refractivity contribution in [2.75, 3.05) is 33.4 Å². The van der Waals surface area contributed by atoms with Crippen molar-refractivity contribution in [3.05, 3.63) is 95.5 Å². The molecule has 40 heavy (non-hydrogen) atoms. The molecule has 1 aliphatic heterocycles. The van der Waals surface area contributed by atoms with Gasteiger partial charge in [0.2, 0.25) is 5.69 Å². The molecule has 204 valence electrons. The monoisotopic (exact) mass is 535 g/mol. The van der Waals surface area contributed by atoms with Crippen molar-refractivity contribution in [2.24, 2.45) is 0 Å². The Kier molecular flexibility index (Phi) is 8.89. The molecule has 1 aromatic heterocycles. The maximum absolute atomic E-state index is 12.6. The van der Waals surface area contributed by atoms with Gasteiger partial charge in [0, 0.05) is 31.0 Å². The second kappa shape index (κ2) is 13.1. The topological polar surface area (TPSA) is 65.2 Å². The summed E-state index contributed by atoms with van der Waals surface area (Å²) in [6.07, 6.45) is 5.89. The number of likely N-dealkylation sites (tertiary alicyclic amines) is 1. The van der Waals surface area contributed by atoms with Gasteiger partial charge in [-0.05, 0) is 85.9 Å². The van der Waals surface area contributed by atoms with Crippen LogP contribution in [0.4, 0.5) is 5.69 Å². The van der Waals surface area contributed by atoms with Crippen LogP contribution in [-0.2, 0) is 17.6 Å². The first kappa shape index (κ1) is 27.2. The second-order valence-electron chi connectivity index (χ2n) is 10.00. The predicted octanol–water partition coefficient (Wildman–Crippen LogP) is 6.81. The molecule has 7 nitrogen and oxygen atoms in total. The number of pyridine rings is 1. The third-order valence-corrected chi connectivity index (χ3v) is 7.09. The molecule has 0 N–H and O–H groups in total. The largest absolute Gasteiger partial charge is 0.504 e. The Labute approximate surface area is 235 Å². The smallest absolute Gasteiger partial charge is 0.229 e. The Bertz CT molecular complexity index is 1490. The van der Waals surface area contributed by atoms with E-state index in [9.17, 15) is 4.79 Å². The number of fused-ring (bicyclic) bond motifs is 1. The molecule has 0 bridgehead atoms. The van der Waals surface area contributed by atoms with Crippen LogP contribution in [0, 0.1) is 6.57 Å². The van der Waals surface area contributed by atoms with Gasteiger partial charge in [0.1, 0.15) is 28.8 Å². The Hall–Kier alpha value is -4.41. The molecule has 0 spiro atoms. The summed E-state index contributed by atoms with van der Waals surface area (Å²) in [4.78, 5) is 23.2. The standard InChI is InChI=1S/C33H33N3O4/c1-34-31-22-29-30(23-33(31)39-19-5-18-36-16-3-4-17-36)35-15-14-32(29)40-28-12-8-25(9-13-28)21-26(37)20-24-6-10-27(38-2)11-7-24/h6-15,22-23H,3-5,16-21H2,2H3. The van der Waals surface area contributed by atoms with Gasteiger partial charge in [-0.1, -0.05) is 24.3 Å². The first-order valence-corrected chi connectivity index (χ1v) is 13.7. The van der Waals surface area contributed by atoms with E-state index in [1.165, 1.54) is 25.9 Å². The number of hydrogen-bond acceptors (Lipinski definition) is 6. The molecule has 0 amide bonds. The number of carbonyl (C=O) groups excluding carboxylic acids is 1. The fourth-order valence-electron chi connectivity index (χ4n) is 4.97. The Morgan fingerprint density at radius 2 is 1.60 bits per heavy atom. The van der Waals surface area contributed by atoms with E-state index in [1.807, 2.05) is 54.6 Å². The van der Waals surface area contributed by atoms with E-state index < -0.39 is 0 Å². The predicted molar refractivity (Wildman–Crippen MR) is 156 cm³/mol. The van der Waals surface area contributed by atoms with Gasteiger partial charge >= 0.3 is 0 Å². The minimum Gasteiger partial charge on any atom is -0.504 e. The van der Waals surface area contributed by atoms with Gasteiger partial charge in [-0.2, -0.15) is 0 Å². The summed E-state index contributed by atoms with van der Waals surface area (Å²) in [5.74, 6) is 2.72. The first-order chi connectivity index (χ1) is 19.6. The van der Waals surface area contributed by atoms with E-state index in [0.717, 1.165) is 35.2 Å². The van der Waals surface area contributed by atoms with Crippen LogP contribution in [0.3, 0.4) is 0 Å². The van der Waals surface area contributed by atoms with Gasteiger partial charge in [-0.25, -0.2) is 4.85 Å². The molecule has 1 fully saturated rings. The van der Waals surface area contributed by atoms with Crippen molar-refractivity contribution in [3.63, 3.8) is 0 Å². The summed E-state index contributed by atoms with van der Waals surface area (Å²) in [6, 6.07) is 20.5. The maximum atomic E-state index is 12.6. The molecule has 5 rings (SSSR count). The molecular formula is C33H33N3O4. The average Bonchev–Trinajstić information content (AvgIpc) is 3.50. The number of ether oxygens (including phenoxy) is 3. The highest BCUT2D eigenvalue weighted by Crippen LogP contribution is 2.37. The fraction of sp³-hybridized carbons (Fsp3) is 0.303. The Morgan fingerprint density at radius 3 is 2.25 bits per heavy atom. The minimum atomic E-state index is 0.139. The number of hydrogen-bond donors (Lipinski definition) is 0. The number of nitrogens with zero attached hydrogens (tertiary/aromatic N) is 3. The average molecular weight is 536 g/mol. The maximum Gasteiger partial charge on any atom is 0.229 e. The molecule has 2 heterocycles. The van der Waals surface area contributed by atoms with Crippen molar-refractivity contribution in [1.29, 1.82) is 0 Å². The molecule has 3 aromatic carbocycles. The van der Waals surface area contributed by atoms with E-state index in [0.29, 0.717) is 47.9 Å². The molecular weight excluding hydrogens is 502 g/mol. The van der Waals surface area contributed by atoms with Crippen LogP contribution in [0.2, 0.25) is 0 Å². The fourth-order valence-corrected chi connectivity index (χ4v) is 4.97. The van der Waals surface area contributed by atoms with Crippen molar-refractivity contribution < 1.29 is 19.0 Å². The number of ketones is 1. The number of benzene rings is 3. The number of Topliss-reactive ketones (excluding diaryl/α,β-unsaturated/α-hetero) is 1. The number of rotatable bonds is 12. The lowest BCUT2D eigenvalue weighted by atomic mass is 10.0. The van der Waals surface area contributed by atoms with Crippen LogP contribution in [0.1, 0.15) is 30.4 Å². The van der Waals surface area contributed by atoms with Crippen molar-refractivity contribution >= 4 is 22.4 Å². The Balaban J connectivity index is 1.21. The van der Waals surface area contributed by atoms with E-state index in [2.05, 4.69) is 14.7 Å². The lowest BCUT2D eigenvalue weighted by Gasteiger charge is -2.15. The van der Waals surface area contributed by atoms with E-state index in [4.69, 9.17) is 20.8 Å². The van der Waals surface area contributed by atoms with Gasteiger partial charge in [-0.15, -0.1) is 0 Å². The number of carbonyl (C=O) groups is 1. The van der Waals surface area contributed by atoms with Crippen molar-refractivity contribution in [2.45, 2.75) is 32.1 Å². The normalized spacial score (nSPS) is 13.2. The molecule has 0 saturated carbocycles. The molecule has 4 aromatic rings. The van der Waals surface area contributed by atoms with Crippen LogP contribution in [0.25, 0.3) is 15.7 Å². The number of aromatic nitrogens is 1. The zero-order chi connectivity index (χ0) is 27.7. The summed E-state index contributed by atoms with van der Waals surface area (Å²) >= 11 is 0. The van der Waals surface area contributed by atoms with Gasteiger partial charge in [-0.3, -0.25) is 9.78 Å². The summed E-state index contributed by atoms with van der Waals surface area (Å²) in [5.41, 5.74) is 3.04. The molecule has 0 aliphatic carbocycles. The highest BCUT2D eigenvalue weighted by Gasteiger charge is 2.14. The molecule has 7 heteroatoms. The molecule has 1 aliphatic rings. The van der Waals surface area contributed by atoms with Crippen LogP contribution in [0.5, 0.6) is 23.0 Å². The van der Waals surface area contributed by atoms with Crippen LogP contribution < -0.4 is 14.2 Å². The van der Waals surface area contributed by atoms with Gasteiger partial charge < -0.3 is 19.1 Å². The van der Waals surface area contributed by atoms with Crippen molar-refractivity contribution in [3.8, 4) is 23.0 Å². The zero-order valence-electron chi connectivity index (χ0n) is 22.8. The second-order valence-corrected chi connectivity index (χ2v) is 10.00. The first-order valence-electron chi connectivity index (χ1n) is 13.7. The summed E-state index contributed by atoms with van der Waals surface area (Å²) < 4.78 is 17.3. The molecule has 1 saturated heterocycles. The lowest BCUT2D eigenvalue weighted by molar-refractivity contribution is -0.117. The molecule has 0 atom stereocenters. The van der Waals surface area contributed by atoms with Gasteiger partial charge in [0.15, 0.2) is 0 Å². The summed E-state index contributed by atoms with van der Waals surface area (Å²) in [7, 11) is 1.62. The number of methoxy groups -OCH3 is 1. The van der Waals surface area contributed by atoms with Crippen molar-refractivity contribution in [1.82, 2.24) is 9.88 Å². The van der Waals surface area contributed by atoms with E-state index >= 15 is 0 Å². The van der Waals surface area contributed by atoms with Gasteiger partial charge in [0.05, 0.1) is 25.8 Å². The SMILES string of the molecule is [C-]#[N+]c1cc2c(Oc3ccc(CC(=O)Cc4ccc(OC)cc4)cc3)ccnc2cc1OCCCN1CCCC1. The highest BCUT2D eigenvalue weighted by molar-refractivity contribution is 5.91. The molecule has 0 radical (unpaired) electrons. The lowest BCUT2D eigenvalue weighted by Crippen LogP contribution is -2.21.